The summed E-state index contributed by atoms with van der Waals surface area (Å²) in [5.41, 5.74) is 2.42. The number of carbonyl (C=O) groups is 1. The number of hydrogen-bond acceptors (Lipinski definition) is 3. The Balaban J connectivity index is 1.78. The molecule has 2 aromatic carbocycles. The largest absolute Gasteiger partial charge is 0.325 e. The van der Waals surface area contributed by atoms with E-state index >= 15 is 0 Å². The van der Waals surface area contributed by atoms with Crippen LogP contribution in [0.5, 0.6) is 0 Å². The Morgan fingerprint density at radius 2 is 1.85 bits per heavy atom. The van der Waals surface area contributed by atoms with Crippen molar-refractivity contribution in [1.82, 2.24) is 9.55 Å². The maximum Gasteiger partial charge on any atom is 0.261 e. The third kappa shape index (κ3) is 3.67. The van der Waals surface area contributed by atoms with Crippen molar-refractivity contribution in [1.29, 1.82) is 0 Å². The lowest BCUT2D eigenvalue weighted by atomic mass is 9.99. The highest BCUT2D eigenvalue weighted by Crippen LogP contribution is 2.20. The van der Waals surface area contributed by atoms with Crippen LogP contribution >= 0.6 is 0 Å². The number of para-hydroxylation sites is 1. The number of rotatable bonds is 5. The van der Waals surface area contributed by atoms with Gasteiger partial charge in [-0.3, -0.25) is 14.2 Å². The van der Waals surface area contributed by atoms with Gasteiger partial charge in [0, 0.05) is 5.69 Å². The molecule has 0 unspecified atom stereocenters. The highest BCUT2D eigenvalue weighted by Gasteiger charge is 2.12. The summed E-state index contributed by atoms with van der Waals surface area (Å²) in [6, 6.07) is 15.0. The summed E-state index contributed by atoms with van der Waals surface area (Å²) < 4.78 is 1.41. The third-order valence-corrected chi connectivity index (χ3v) is 4.73. The van der Waals surface area contributed by atoms with Crippen LogP contribution in [-0.2, 0) is 11.3 Å². The van der Waals surface area contributed by atoms with Crippen molar-refractivity contribution in [2.45, 2.75) is 39.7 Å². The molecule has 5 heteroatoms. The van der Waals surface area contributed by atoms with Gasteiger partial charge in [-0.25, -0.2) is 4.98 Å². The van der Waals surface area contributed by atoms with E-state index in [2.05, 4.69) is 24.1 Å². The Morgan fingerprint density at radius 1 is 1.15 bits per heavy atom. The highest BCUT2D eigenvalue weighted by molar-refractivity contribution is 5.90. The molecule has 1 N–H and O–H groups in total. The molecule has 134 valence electrons. The van der Waals surface area contributed by atoms with Crippen LogP contribution in [0.3, 0.4) is 0 Å². The molecule has 0 radical (unpaired) electrons. The predicted molar refractivity (Wildman–Crippen MR) is 105 cm³/mol. The van der Waals surface area contributed by atoms with Crippen molar-refractivity contribution in [2.24, 2.45) is 0 Å². The van der Waals surface area contributed by atoms with E-state index < -0.39 is 0 Å². The van der Waals surface area contributed by atoms with Crippen molar-refractivity contribution >= 4 is 22.5 Å². The Kier molecular flexibility index (Phi) is 5.16. The normalized spacial score (nSPS) is 12.1. The standard InChI is InChI=1S/C21H23N3O2/c1-4-14(2)16-9-11-17(12-10-16)23-20(25)13-24-15(3)22-19-8-6-5-7-18(19)21(24)26/h5-12,14H,4,13H2,1-3H3,(H,23,25)/t14-/m1/s1. The molecule has 5 nitrogen and oxygen atoms in total. The molecule has 0 bridgehead atoms. The molecular weight excluding hydrogens is 326 g/mol. The van der Waals surface area contributed by atoms with Gasteiger partial charge in [0.05, 0.1) is 10.9 Å². The zero-order valence-corrected chi connectivity index (χ0v) is 15.3. The molecule has 1 amide bonds. The summed E-state index contributed by atoms with van der Waals surface area (Å²) >= 11 is 0. The van der Waals surface area contributed by atoms with Gasteiger partial charge in [0.15, 0.2) is 0 Å². The zero-order chi connectivity index (χ0) is 18.7. The molecule has 26 heavy (non-hydrogen) atoms. The molecule has 0 spiro atoms. The number of benzene rings is 2. The predicted octanol–water partition coefficient (Wildman–Crippen LogP) is 3.86. The summed E-state index contributed by atoms with van der Waals surface area (Å²) in [6.07, 6.45) is 1.07. The highest BCUT2D eigenvalue weighted by atomic mass is 16.2. The Bertz CT molecular complexity index is 990. The average Bonchev–Trinajstić information content (AvgIpc) is 2.65. The van der Waals surface area contributed by atoms with Gasteiger partial charge in [-0.05, 0) is 49.1 Å². The van der Waals surface area contributed by atoms with Gasteiger partial charge < -0.3 is 5.32 Å². The minimum atomic E-state index is -0.247. The van der Waals surface area contributed by atoms with Gasteiger partial charge in [-0.2, -0.15) is 0 Å². The first kappa shape index (κ1) is 17.9. The molecule has 3 rings (SSSR count). The molecule has 0 aliphatic heterocycles. The number of nitrogens with zero attached hydrogens (tertiary/aromatic N) is 2. The van der Waals surface area contributed by atoms with E-state index in [1.807, 2.05) is 30.3 Å². The van der Waals surface area contributed by atoms with E-state index in [4.69, 9.17) is 0 Å². The number of aromatic nitrogens is 2. The lowest BCUT2D eigenvalue weighted by molar-refractivity contribution is -0.116. The van der Waals surface area contributed by atoms with Crippen molar-refractivity contribution in [2.75, 3.05) is 5.32 Å². The van der Waals surface area contributed by atoms with E-state index in [-0.39, 0.29) is 18.0 Å². The SMILES string of the molecule is CC[C@@H](C)c1ccc(NC(=O)Cn2c(C)nc3ccccc3c2=O)cc1. The second-order valence-electron chi connectivity index (χ2n) is 6.55. The first-order valence-corrected chi connectivity index (χ1v) is 8.85. The Morgan fingerprint density at radius 3 is 2.54 bits per heavy atom. The minimum Gasteiger partial charge on any atom is -0.325 e. The van der Waals surface area contributed by atoms with Crippen LogP contribution in [0, 0.1) is 6.92 Å². The fourth-order valence-electron chi connectivity index (χ4n) is 2.94. The number of fused-ring (bicyclic) bond motifs is 1. The number of anilines is 1. The molecular formula is C21H23N3O2. The Labute approximate surface area is 152 Å². The second-order valence-corrected chi connectivity index (χ2v) is 6.55. The van der Waals surface area contributed by atoms with E-state index in [1.165, 1.54) is 10.1 Å². The Hall–Kier alpha value is -2.95. The van der Waals surface area contributed by atoms with Gasteiger partial charge in [-0.1, -0.05) is 38.1 Å². The van der Waals surface area contributed by atoms with Gasteiger partial charge in [0.25, 0.3) is 5.56 Å². The molecule has 0 aliphatic rings. The molecule has 1 heterocycles. The number of amides is 1. The molecule has 1 atom stereocenters. The number of nitrogens with one attached hydrogen (secondary N) is 1. The van der Waals surface area contributed by atoms with E-state index in [9.17, 15) is 9.59 Å². The number of aryl methyl sites for hydroxylation is 1. The molecule has 1 aromatic heterocycles. The fraction of sp³-hybridized carbons (Fsp3) is 0.286. The summed E-state index contributed by atoms with van der Waals surface area (Å²) in [7, 11) is 0. The van der Waals surface area contributed by atoms with Crippen molar-refractivity contribution < 1.29 is 4.79 Å². The van der Waals surface area contributed by atoms with Crippen LogP contribution in [0.25, 0.3) is 10.9 Å². The third-order valence-electron chi connectivity index (χ3n) is 4.73. The van der Waals surface area contributed by atoms with Crippen LogP contribution in [-0.4, -0.2) is 15.5 Å². The van der Waals surface area contributed by atoms with Crippen molar-refractivity contribution in [3.63, 3.8) is 0 Å². The summed E-state index contributed by atoms with van der Waals surface area (Å²) in [5.74, 6) is 0.768. The van der Waals surface area contributed by atoms with E-state index in [1.54, 1.807) is 25.1 Å². The van der Waals surface area contributed by atoms with E-state index in [0.29, 0.717) is 22.6 Å². The number of hydrogen-bond donors (Lipinski definition) is 1. The van der Waals surface area contributed by atoms with Crippen LogP contribution in [0.15, 0.2) is 53.3 Å². The van der Waals surface area contributed by atoms with Gasteiger partial charge in [0.2, 0.25) is 5.91 Å². The first-order valence-electron chi connectivity index (χ1n) is 8.85. The summed E-state index contributed by atoms with van der Waals surface area (Å²) in [6.45, 7) is 6.01. The molecule has 0 saturated carbocycles. The molecule has 3 aromatic rings. The van der Waals surface area contributed by atoms with Crippen LogP contribution in [0.2, 0.25) is 0 Å². The van der Waals surface area contributed by atoms with Crippen LogP contribution in [0.4, 0.5) is 5.69 Å². The van der Waals surface area contributed by atoms with Crippen LogP contribution < -0.4 is 10.9 Å². The monoisotopic (exact) mass is 349 g/mol. The van der Waals surface area contributed by atoms with Gasteiger partial charge >= 0.3 is 0 Å². The average molecular weight is 349 g/mol. The summed E-state index contributed by atoms with van der Waals surface area (Å²) in [4.78, 5) is 29.5. The van der Waals surface area contributed by atoms with Crippen molar-refractivity contribution in [3.05, 3.63) is 70.3 Å². The quantitative estimate of drug-likeness (QED) is 0.761. The lowest BCUT2D eigenvalue weighted by Crippen LogP contribution is -2.30. The maximum atomic E-state index is 12.6. The van der Waals surface area contributed by atoms with Gasteiger partial charge in [-0.15, -0.1) is 0 Å². The summed E-state index contributed by atoms with van der Waals surface area (Å²) in [5, 5.41) is 3.37. The topological polar surface area (TPSA) is 64.0 Å². The second kappa shape index (κ2) is 7.52. The lowest BCUT2D eigenvalue weighted by Gasteiger charge is -2.12. The molecule has 0 aliphatic carbocycles. The maximum absolute atomic E-state index is 12.6. The molecule has 0 fully saturated rings. The molecule has 0 saturated heterocycles. The first-order chi connectivity index (χ1) is 12.5. The number of carbonyl (C=O) groups excluding carboxylic acids is 1. The van der Waals surface area contributed by atoms with E-state index in [0.717, 1.165) is 12.1 Å². The van der Waals surface area contributed by atoms with Crippen LogP contribution in [0.1, 0.15) is 37.6 Å². The zero-order valence-electron chi connectivity index (χ0n) is 15.3. The van der Waals surface area contributed by atoms with Gasteiger partial charge in [0.1, 0.15) is 12.4 Å². The minimum absolute atomic E-state index is 0.0599. The van der Waals surface area contributed by atoms with Crippen molar-refractivity contribution in [3.8, 4) is 0 Å². The fourth-order valence-corrected chi connectivity index (χ4v) is 2.94. The smallest absolute Gasteiger partial charge is 0.261 e.